The average molecular weight is 355 g/mol. The highest BCUT2D eigenvalue weighted by Gasteiger charge is 2.46. The lowest BCUT2D eigenvalue weighted by Crippen LogP contribution is -2.52. The number of piperidine rings is 1. The van der Waals surface area contributed by atoms with Gasteiger partial charge in [0.2, 0.25) is 0 Å². The SMILES string of the molecule is Cc1csc(S(=O)(=O)N2CCC(C(=O)O)(n3cccn3)CC2)c1. The molecule has 0 unspecified atom stereocenters. The summed E-state index contributed by atoms with van der Waals surface area (Å²) in [6.45, 7) is 2.16. The summed E-state index contributed by atoms with van der Waals surface area (Å²) in [4.78, 5) is 11.8. The highest BCUT2D eigenvalue weighted by atomic mass is 32.2. The van der Waals surface area contributed by atoms with Crippen LogP contribution in [0.25, 0.3) is 0 Å². The Kier molecular flexibility index (Phi) is 4.03. The number of hydrogen-bond acceptors (Lipinski definition) is 5. The van der Waals surface area contributed by atoms with Crippen LogP contribution in [0.4, 0.5) is 0 Å². The van der Waals surface area contributed by atoms with Gasteiger partial charge in [-0.2, -0.15) is 9.40 Å². The van der Waals surface area contributed by atoms with E-state index in [1.807, 2.05) is 6.92 Å². The zero-order valence-electron chi connectivity index (χ0n) is 12.5. The Morgan fingerprint density at radius 2 is 2.09 bits per heavy atom. The Balaban J connectivity index is 1.84. The normalized spacial score (nSPS) is 18.8. The maximum atomic E-state index is 12.6. The molecule has 1 saturated heterocycles. The Bertz CT molecular complexity index is 803. The number of nitrogens with zero attached hydrogens (tertiary/aromatic N) is 3. The first kappa shape index (κ1) is 16.2. The van der Waals surface area contributed by atoms with Gasteiger partial charge < -0.3 is 5.11 Å². The van der Waals surface area contributed by atoms with E-state index in [4.69, 9.17) is 0 Å². The molecule has 0 atom stereocenters. The van der Waals surface area contributed by atoms with Gasteiger partial charge in [0.1, 0.15) is 4.21 Å². The van der Waals surface area contributed by atoms with Crippen molar-refractivity contribution in [2.75, 3.05) is 13.1 Å². The van der Waals surface area contributed by atoms with Crippen molar-refractivity contribution in [3.8, 4) is 0 Å². The molecule has 3 heterocycles. The number of aryl methyl sites for hydroxylation is 1. The first-order valence-electron chi connectivity index (χ1n) is 7.15. The summed E-state index contributed by atoms with van der Waals surface area (Å²) in [6.07, 6.45) is 3.52. The highest BCUT2D eigenvalue weighted by molar-refractivity contribution is 7.91. The second kappa shape index (κ2) is 5.73. The maximum Gasteiger partial charge on any atom is 0.331 e. The monoisotopic (exact) mass is 355 g/mol. The van der Waals surface area contributed by atoms with Crippen LogP contribution < -0.4 is 0 Å². The van der Waals surface area contributed by atoms with Gasteiger partial charge in [0, 0.05) is 25.5 Å². The van der Waals surface area contributed by atoms with E-state index in [1.165, 1.54) is 26.5 Å². The second-order valence-corrected chi connectivity index (χ2v) is 8.71. The van der Waals surface area contributed by atoms with Crippen LogP contribution in [0.1, 0.15) is 18.4 Å². The number of carbonyl (C=O) groups is 1. The third-order valence-electron chi connectivity index (χ3n) is 4.19. The number of thiophene rings is 1. The minimum Gasteiger partial charge on any atom is -0.479 e. The Morgan fingerprint density at radius 1 is 1.39 bits per heavy atom. The third kappa shape index (κ3) is 2.68. The molecule has 7 nitrogen and oxygen atoms in total. The molecule has 1 N–H and O–H groups in total. The number of aromatic nitrogens is 2. The zero-order valence-corrected chi connectivity index (χ0v) is 14.2. The lowest BCUT2D eigenvalue weighted by Gasteiger charge is -2.38. The van der Waals surface area contributed by atoms with Gasteiger partial charge >= 0.3 is 5.97 Å². The van der Waals surface area contributed by atoms with Gasteiger partial charge in [-0.05, 0) is 42.8 Å². The number of rotatable bonds is 4. The molecular formula is C14H17N3O4S2. The van der Waals surface area contributed by atoms with Crippen LogP contribution in [0.3, 0.4) is 0 Å². The summed E-state index contributed by atoms with van der Waals surface area (Å²) < 4.78 is 28.4. The quantitative estimate of drug-likeness (QED) is 0.897. The smallest absolute Gasteiger partial charge is 0.331 e. The summed E-state index contributed by atoms with van der Waals surface area (Å²) in [5.41, 5.74) is -0.275. The number of sulfonamides is 1. The lowest BCUT2D eigenvalue weighted by molar-refractivity contribution is -0.150. The molecule has 2 aromatic rings. The largest absolute Gasteiger partial charge is 0.479 e. The predicted octanol–water partition coefficient (Wildman–Crippen LogP) is 1.52. The first-order chi connectivity index (χ1) is 10.9. The van der Waals surface area contributed by atoms with Gasteiger partial charge in [-0.15, -0.1) is 11.3 Å². The van der Waals surface area contributed by atoms with E-state index in [1.54, 1.807) is 23.7 Å². The fourth-order valence-electron chi connectivity index (χ4n) is 2.83. The van der Waals surface area contributed by atoms with E-state index in [0.29, 0.717) is 4.21 Å². The highest BCUT2D eigenvalue weighted by Crippen LogP contribution is 2.33. The number of carboxylic acid groups (broad SMARTS) is 1. The number of hydrogen-bond donors (Lipinski definition) is 1. The molecule has 1 aliphatic rings. The van der Waals surface area contributed by atoms with Crippen molar-refractivity contribution >= 4 is 27.3 Å². The minimum absolute atomic E-state index is 0.158. The van der Waals surface area contributed by atoms with E-state index in [0.717, 1.165) is 5.56 Å². The Morgan fingerprint density at radius 3 is 2.57 bits per heavy atom. The van der Waals surface area contributed by atoms with Crippen molar-refractivity contribution in [1.29, 1.82) is 0 Å². The first-order valence-corrected chi connectivity index (χ1v) is 9.47. The summed E-state index contributed by atoms with van der Waals surface area (Å²) in [5.74, 6) is -0.981. The summed E-state index contributed by atoms with van der Waals surface area (Å²) in [7, 11) is -3.56. The van der Waals surface area contributed by atoms with Crippen LogP contribution >= 0.6 is 11.3 Å². The van der Waals surface area contributed by atoms with Gasteiger partial charge in [-0.25, -0.2) is 13.2 Å². The molecule has 1 fully saturated rings. The van der Waals surface area contributed by atoms with Crippen LogP contribution in [0, 0.1) is 6.92 Å². The molecule has 1 aliphatic heterocycles. The van der Waals surface area contributed by atoms with Crippen molar-refractivity contribution in [1.82, 2.24) is 14.1 Å². The van der Waals surface area contributed by atoms with Crippen LogP contribution in [0.15, 0.2) is 34.1 Å². The van der Waals surface area contributed by atoms with Crippen molar-refractivity contribution in [2.45, 2.75) is 29.5 Å². The molecule has 0 bridgehead atoms. The van der Waals surface area contributed by atoms with Crippen LogP contribution in [-0.4, -0.2) is 46.7 Å². The molecule has 0 saturated carbocycles. The molecule has 0 radical (unpaired) electrons. The van der Waals surface area contributed by atoms with Crippen LogP contribution in [-0.2, 0) is 20.4 Å². The van der Waals surface area contributed by atoms with E-state index in [-0.39, 0.29) is 25.9 Å². The number of aliphatic carboxylic acids is 1. The summed E-state index contributed by atoms with van der Waals surface area (Å²) in [5, 5.41) is 15.5. The van der Waals surface area contributed by atoms with E-state index >= 15 is 0 Å². The molecule has 0 spiro atoms. The molecule has 0 aromatic carbocycles. The van der Waals surface area contributed by atoms with E-state index in [9.17, 15) is 18.3 Å². The fourth-order valence-corrected chi connectivity index (χ4v) is 5.65. The molecular weight excluding hydrogens is 338 g/mol. The Hall–Kier alpha value is -1.71. The van der Waals surface area contributed by atoms with Crippen molar-refractivity contribution in [2.24, 2.45) is 0 Å². The Labute approximate surface area is 138 Å². The molecule has 0 amide bonds. The van der Waals surface area contributed by atoms with Gasteiger partial charge in [0.25, 0.3) is 10.0 Å². The average Bonchev–Trinajstić information content (AvgIpc) is 3.18. The standard InChI is InChI=1S/C14H17N3O4S2/c1-11-9-12(22-10-11)23(20,21)16-7-3-14(4-8-16,13(18)19)17-6-2-5-15-17/h2,5-6,9-10H,3-4,7-8H2,1H3,(H,18,19). The fraction of sp³-hybridized carbons (Fsp3) is 0.429. The molecule has 0 aliphatic carbocycles. The van der Waals surface area contributed by atoms with Gasteiger partial charge in [0.15, 0.2) is 5.54 Å². The van der Waals surface area contributed by atoms with Crippen molar-refractivity contribution in [3.05, 3.63) is 35.5 Å². The van der Waals surface area contributed by atoms with Crippen LogP contribution in [0.2, 0.25) is 0 Å². The van der Waals surface area contributed by atoms with Gasteiger partial charge in [-0.1, -0.05) is 0 Å². The van der Waals surface area contributed by atoms with Crippen LogP contribution in [0.5, 0.6) is 0 Å². The van der Waals surface area contributed by atoms with Crippen molar-refractivity contribution < 1.29 is 18.3 Å². The van der Waals surface area contributed by atoms with E-state index in [2.05, 4.69) is 5.10 Å². The molecule has 124 valence electrons. The summed E-state index contributed by atoms with van der Waals surface area (Å²) in [6, 6.07) is 3.31. The zero-order chi connectivity index (χ0) is 16.7. The number of carboxylic acids is 1. The predicted molar refractivity (Wildman–Crippen MR) is 84.9 cm³/mol. The molecule has 3 rings (SSSR count). The minimum atomic E-state index is -3.56. The van der Waals surface area contributed by atoms with Crippen molar-refractivity contribution in [3.63, 3.8) is 0 Å². The maximum absolute atomic E-state index is 12.6. The molecule has 23 heavy (non-hydrogen) atoms. The summed E-state index contributed by atoms with van der Waals surface area (Å²) >= 11 is 1.19. The van der Waals surface area contributed by atoms with Gasteiger partial charge in [-0.3, -0.25) is 4.68 Å². The second-order valence-electron chi connectivity index (χ2n) is 5.63. The topological polar surface area (TPSA) is 92.5 Å². The van der Waals surface area contributed by atoms with Gasteiger partial charge in [0.05, 0.1) is 0 Å². The van der Waals surface area contributed by atoms with E-state index < -0.39 is 21.5 Å². The lowest BCUT2D eigenvalue weighted by atomic mass is 9.88. The third-order valence-corrected chi connectivity index (χ3v) is 7.62. The molecule has 9 heteroatoms. The molecule has 2 aromatic heterocycles.